The molecule has 0 aromatic heterocycles. The number of carbonyl (C=O) groups excluding carboxylic acids is 1. The van der Waals surface area contributed by atoms with Crippen molar-refractivity contribution in [3.05, 3.63) is 35.4 Å². The van der Waals surface area contributed by atoms with Crippen molar-refractivity contribution >= 4 is 17.4 Å². The largest absolute Gasteiger partial charge is 0.292 e. The fourth-order valence-corrected chi connectivity index (χ4v) is 1.56. The minimum absolute atomic E-state index is 0.0211. The van der Waals surface area contributed by atoms with Crippen LogP contribution in [0.3, 0.4) is 0 Å². The third-order valence-corrected chi connectivity index (χ3v) is 2.47. The van der Waals surface area contributed by atoms with E-state index in [4.69, 9.17) is 11.6 Å². The molecule has 0 spiro atoms. The predicted molar refractivity (Wildman–Crippen MR) is 64.7 cm³/mol. The molecule has 0 atom stereocenters. The summed E-state index contributed by atoms with van der Waals surface area (Å²) in [4.78, 5) is 11.0. The van der Waals surface area contributed by atoms with Crippen LogP contribution in [0.15, 0.2) is 24.3 Å². The molecule has 0 saturated heterocycles. The van der Waals surface area contributed by atoms with Crippen molar-refractivity contribution in [1.82, 2.24) is 0 Å². The zero-order valence-corrected chi connectivity index (χ0v) is 10.3. The fourth-order valence-electron chi connectivity index (χ4n) is 1.45. The highest BCUT2D eigenvalue weighted by Gasteiger charge is 2.25. The van der Waals surface area contributed by atoms with Gasteiger partial charge in [0.25, 0.3) is 0 Å². The van der Waals surface area contributed by atoms with Gasteiger partial charge in [-0.1, -0.05) is 37.6 Å². The van der Waals surface area contributed by atoms with Crippen LogP contribution in [0.1, 0.15) is 43.1 Å². The highest BCUT2D eigenvalue weighted by molar-refractivity contribution is 6.37. The molecule has 82 valence electrons. The molecule has 0 N–H and O–H groups in total. The molecule has 15 heavy (non-hydrogen) atoms. The summed E-state index contributed by atoms with van der Waals surface area (Å²) in [6.07, 6.45) is 2.17. The van der Waals surface area contributed by atoms with E-state index >= 15 is 0 Å². The van der Waals surface area contributed by atoms with Crippen LogP contribution in [0.25, 0.3) is 0 Å². The molecule has 0 aliphatic heterocycles. The van der Waals surface area contributed by atoms with Gasteiger partial charge >= 0.3 is 0 Å². The van der Waals surface area contributed by atoms with Crippen molar-refractivity contribution in [3.8, 4) is 0 Å². The number of alkyl halides is 1. The monoisotopic (exact) mass is 224 g/mol. The van der Waals surface area contributed by atoms with E-state index in [0.29, 0.717) is 5.56 Å². The lowest BCUT2D eigenvalue weighted by Crippen LogP contribution is -2.24. The topological polar surface area (TPSA) is 17.1 Å². The summed E-state index contributed by atoms with van der Waals surface area (Å²) in [5.41, 5.74) is 1.95. The number of rotatable bonds is 4. The van der Waals surface area contributed by atoms with E-state index < -0.39 is 4.87 Å². The van der Waals surface area contributed by atoms with Gasteiger partial charge in [0.1, 0.15) is 4.87 Å². The van der Waals surface area contributed by atoms with Crippen molar-refractivity contribution < 1.29 is 4.79 Å². The Hall–Kier alpha value is -0.820. The number of benzene rings is 1. The standard InChI is InChI=1S/C13H17ClO/c1-4-5-10-6-8-11(9-7-10)12(15)13(2,3)14/h6-9H,4-5H2,1-3H3. The Kier molecular flexibility index (Phi) is 3.92. The summed E-state index contributed by atoms with van der Waals surface area (Å²) in [6.45, 7) is 5.58. The number of hydrogen-bond donors (Lipinski definition) is 0. The fraction of sp³-hybridized carbons (Fsp3) is 0.462. The van der Waals surface area contributed by atoms with E-state index in [1.807, 2.05) is 24.3 Å². The molecule has 1 aromatic rings. The molecule has 0 fully saturated rings. The number of carbonyl (C=O) groups is 1. The summed E-state index contributed by atoms with van der Waals surface area (Å²) in [6, 6.07) is 7.72. The number of halogens is 1. The second-order valence-corrected chi connectivity index (χ2v) is 5.19. The van der Waals surface area contributed by atoms with Gasteiger partial charge in [-0.05, 0) is 25.8 Å². The highest BCUT2D eigenvalue weighted by Crippen LogP contribution is 2.20. The van der Waals surface area contributed by atoms with Crippen LogP contribution in [-0.2, 0) is 6.42 Å². The Morgan fingerprint density at radius 2 is 1.80 bits per heavy atom. The molecule has 1 aromatic carbocycles. The third kappa shape index (κ3) is 3.35. The molecule has 0 saturated carbocycles. The molecule has 2 heteroatoms. The molecule has 0 heterocycles. The van der Waals surface area contributed by atoms with Crippen LogP contribution in [-0.4, -0.2) is 10.7 Å². The Bertz CT molecular complexity index is 333. The van der Waals surface area contributed by atoms with Crippen LogP contribution < -0.4 is 0 Å². The average molecular weight is 225 g/mol. The lowest BCUT2D eigenvalue weighted by Gasteiger charge is -2.14. The van der Waals surface area contributed by atoms with Crippen LogP contribution >= 0.6 is 11.6 Å². The first kappa shape index (κ1) is 12.3. The second-order valence-electron chi connectivity index (χ2n) is 4.25. The Morgan fingerprint density at radius 1 is 1.27 bits per heavy atom. The molecule has 0 unspecified atom stereocenters. The minimum atomic E-state index is -0.813. The van der Waals surface area contributed by atoms with E-state index in [1.165, 1.54) is 5.56 Å². The van der Waals surface area contributed by atoms with Crippen molar-refractivity contribution in [2.24, 2.45) is 0 Å². The van der Waals surface area contributed by atoms with Gasteiger partial charge in [-0.15, -0.1) is 11.6 Å². The van der Waals surface area contributed by atoms with Crippen LogP contribution in [0.5, 0.6) is 0 Å². The quantitative estimate of drug-likeness (QED) is 0.561. The zero-order chi connectivity index (χ0) is 11.5. The molecular formula is C13H17ClO. The summed E-state index contributed by atoms with van der Waals surface area (Å²) in [5.74, 6) is -0.0211. The van der Waals surface area contributed by atoms with E-state index in [0.717, 1.165) is 12.8 Å². The van der Waals surface area contributed by atoms with Gasteiger partial charge in [0, 0.05) is 5.56 Å². The average Bonchev–Trinajstić information content (AvgIpc) is 2.17. The van der Waals surface area contributed by atoms with Gasteiger partial charge in [0.2, 0.25) is 0 Å². The maximum Gasteiger partial charge on any atom is 0.183 e. The van der Waals surface area contributed by atoms with Gasteiger partial charge in [0.15, 0.2) is 5.78 Å². The second kappa shape index (κ2) is 4.80. The molecule has 0 aliphatic carbocycles. The number of ketones is 1. The van der Waals surface area contributed by atoms with E-state index in [9.17, 15) is 4.79 Å². The van der Waals surface area contributed by atoms with Crippen molar-refractivity contribution in [3.63, 3.8) is 0 Å². The number of hydrogen-bond acceptors (Lipinski definition) is 1. The first-order chi connectivity index (χ1) is 6.95. The Labute approximate surface area is 96.5 Å². The van der Waals surface area contributed by atoms with Crippen molar-refractivity contribution in [2.75, 3.05) is 0 Å². The SMILES string of the molecule is CCCc1ccc(C(=O)C(C)(C)Cl)cc1. The first-order valence-corrected chi connectivity index (χ1v) is 5.65. The maximum atomic E-state index is 11.8. The molecule has 0 bridgehead atoms. The Morgan fingerprint density at radius 3 is 2.20 bits per heavy atom. The highest BCUT2D eigenvalue weighted by atomic mass is 35.5. The molecular weight excluding hydrogens is 208 g/mol. The van der Waals surface area contributed by atoms with E-state index in [-0.39, 0.29) is 5.78 Å². The van der Waals surface area contributed by atoms with Gasteiger partial charge in [-0.25, -0.2) is 0 Å². The Balaban J connectivity index is 2.85. The van der Waals surface area contributed by atoms with Crippen LogP contribution in [0, 0.1) is 0 Å². The normalized spacial score (nSPS) is 11.5. The molecule has 0 radical (unpaired) electrons. The smallest absolute Gasteiger partial charge is 0.183 e. The first-order valence-electron chi connectivity index (χ1n) is 5.28. The van der Waals surface area contributed by atoms with Gasteiger partial charge < -0.3 is 0 Å². The van der Waals surface area contributed by atoms with Gasteiger partial charge in [0.05, 0.1) is 0 Å². The zero-order valence-electron chi connectivity index (χ0n) is 9.51. The van der Waals surface area contributed by atoms with Gasteiger partial charge in [-0.3, -0.25) is 4.79 Å². The summed E-state index contributed by atoms with van der Waals surface area (Å²) < 4.78 is 0. The molecule has 1 nitrogen and oxygen atoms in total. The summed E-state index contributed by atoms with van der Waals surface area (Å²) >= 11 is 5.97. The number of aryl methyl sites for hydroxylation is 1. The molecule has 1 rings (SSSR count). The predicted octanol–water partition coefficient (Wildman–Crippen LogP) is 3.84. The molecule has 0 aliphatic rings. The van der Waals surface area contributed by atoms with Crippen molar-refractivity contribution in [1.29, 1.82) is 0 Å². The van der Waals surface area contributed by atoms with Crippen molar-refractivity contribution in [2.45, 2.75) is 38.5 Å². The van der Waals surface area contributed by atoms with Gasteiger partial charge in [-0.2, -0.15) is 0 Å². The maximum absolute atomic E-state index is 11.8. The lowest BCUT2D eigenvalue weighted by atomic mass is 9.98. The van der Waals surface area contributed by atoms with E-state index in [1.54, 1.807) is 13.8 Å². The van der Waals surface area contributed by atoms with Crippen LogP contribution in [0.4, 0.5) is 0 Å². The summed E-state index contributed by atoms with van der Waals surface area (Å²) in [5, 5.41) is 0. The molecule has 0 amide bonds. The van der Waals surface area contributed by atoms with Crippen LogP contribution in [0.2, 0.25) is 0 Å². The van der Waals surface area contributed by atoms with E-state index in [2.05, 4.69) is 6.92 Å². The third-order valence-electron chi connectivity index (χ3n) is 2.29. The minimum Gasteiger partial charge on any atom is -0.292 e. The summed E-state index contributed by atoms with van der Waals surface area (Å²) in [7, 11) is 0. The number of Topliss-reactive ketones (excluding diaryl/α,β-unsaturated/α-hetero) is 1. The lowest BCUT2D eigenvalue weighted by molar-refractivity contribution is 0.0954.